The molecule has 6 nitrogen and oxygen atoms in total. The van der Waals surface area contributed by atoms with Gasteiger partial charge in [0.15, 0.2) is 0 Å². The first-order valence-electron chi connectivity index (χ1n) is 9.00. The van der Waals surface area contributed by atoms with Crippen LogP contribution in [0, 0.1) is 0 Å². The second-order valence-corrected chi connectivity index (χ2v) is 6.78. The van der Waals surface area contributed by atoms with Crippen molar-refractivity contribution < 1.29 is 0 Å². The molecular formula is C22H14N6. The Morgan fingerprint density at radius 1 is 0.679 bits per heavy atom. The Kier molecular flexibility index (Phi) is 3.07. The van der Waals surface area contributed by atoms with Gasteiger partial charge in [0.1, 0.15) is 11.3 Å². The van der Waals surface area contributed by atoms with Crippen LogP contribution in [0.5, 0.6) is 0 Å². The Morgan fingerprint density at radius 3 is 2.54 bits per heavy atom. The van der Waals surface area contributed by atoms with Crippen LogP contribution in [-0.2, 0) is 0 Å². The Balaban J connectivity index is 1.45. The summed E-state index contributed by atoms with van der Waals surface area (Å²) in [7, 11) is 0. The first-order valence-corrected chi connectivity index (χ1v) is 9.00. The van der Waals surface area contributed by atoms with Crippen molar-refractivity contribution in [1.29, 1.82) is 0 Å². The van der Waals surface area contributed by atoms with E-state index in [0.29, 0.717) is 0 Å². The van der Waals surface area contributed by atoms with Crippen molar-refractivity contribution in [1.82, 2.24) is 30.4 Å². The minimum Gasteiger partial charge on any atom is -0.338 e. The highest BCUT2D eigenvalue weighted by Gasteiger charge is 2.09. The summed E-state index contributed by atoms with van der Waals surface area (Å²) in [6.07, 6.45) is 1.92. The van der Waals surface area contributed by atoms with Crippen LogP contribution in [0.25, 0.3) is 55.5 Å². The molecule has 0 spiro atoms. The van der Waals surface area contributed by atoms with E-state index in [9.17, 15) is 0 Å². The van der Waals surface area contributed by atoms with Gasteiger partial charge in [-0.15, -0.1) is 5.10 Å². The van der Waals surface area contributed by atoms with Crippen molar-refractivity contribution >= 4 is 33.0 Å². The number of para-hydroxylation sites is 1. The number of hydrogen-bond acceptors (Lipinski definition) is 4. The van der Waals surface area contributed by atoms with Crippen LogP contribution in [-0.4, -0.2) is 30.4 Å². The first kappa shape index (κ1) is 15.0. The molecule has 3 aromatic heterocycles. The Hall–Kier alpha value is -4.06. The lowest BCUT2D eigenvalue weighted by Crippen LogP contribution is -1.83. The topological polar surface area (TPSA) is 83.1 Å². The maximum atomic E-state index is 4.73. The zero-order chi connectivity index (χ0) is 18.5. The van der Waals surface area contributed by atoms with Gasteiger partial charge in [-0.2, -0.15) is 0 Å². The van der Waals surface area contributed by atoms with Crippen molar-refractivity contribution in [3.8, 4) is 22.5 Å². The molecule has 0 bridgehead atoms. The highest BCUT2D eigenvalue weighted by Crippen LogP contribution is 2.28. The van der Waals surface area contributed by atoms with E-state index in [0.717, 1.165) is 55.5 Å². The van der Waals surface area contributed by atoms with Crippen molar-refractivity contribution in [2.75, 3.05) is 0 Å². The summed E-state index contributed by atoms with van der Waals surface area (Å²) in [6, 6.07) is 22.5. The fourth-order valence-electron chi connectivity index (χ4n) is 3.55. The normalized spacial score (nSPS) is 11.6. The van der Waals surface area contributed by atoms with E-state index in [1.807, 2.05) is 48.7 Å². The summed E-state index contributed by atoms with van der Waals surface area (Å²) in [5.74, 6) is 0.820. The van der Waals surface area contributed by atoms with E-state index >= 15 is 0 Å². The number of aromatic amines is 2. The molecule has 0 unspecified atom stereocenters. The van der Waals surface area contributed by atoms with Crippen LogP contribution in [0.2, 0.25) is 0 Å². The van der Waals surface area contributed by atoms with Gasteiger partial charge in [-0.1, -0.05) is 29.5 Å². The number of rotatable bonds is 2. The number of H-pyrrole nitrogens is 2. The van der Waals surface area contributed by atoms with E-state index in [1.165, 1.54) is 0 Å². The standard InChI is InChI=1S/C22H14N6/c1-2-4-17-14(3-1)9-16(12-23-17)13-5-7-18-20(10-13)25-22(24-18)15-6-8-19-21(11-15)27-28-26-19/h1-12H,(H,24,25)(H,26,27,28). The van der Waals surface area contributed by atoms with Gasteiger partial charge in [0.05, 0.1) is 22.1 Å². The zero-order valence-electron chi connectivity index (χ0n) is 14.7. The predicted molar refractivity (Wildman–Crippen MR) is 110 cm³/mol. The van der Waals surface area contributed by atoms with E-state index < -0.39 is 0 Å². The molecule has 0 atom stereocenters. The number of nitrogens with zero attached hydrogens (tertiary/aromatic N) is 4. The number of hydrogen-bond donors (Lipinski definition) is 2. The number of imidazole rings is 1. The van der Waals surface area contributed by atoms with E-state index in [2.05, 4.69) is 49.6 Å². The lowest BCUT2D eigenvalue weighted by Gasteiger charge is -2.03. The molecule has 6 heteroatoms. The minimum absolute atomic E-state index is 0.820. The highest BCUT2D eigenvalue weighted by molar-refractivity contribution is 5.88. The Bertz CT molecular complexity index is 1480. The summed E-state index contributed by atoms with van der Waals surface area (Å²) in [5.41, 5.74) is 7.82. The third-order valence-electron chi connectivity index (χ3n) is 5.00. The van der Waals surface area contributed by atoms with Crippen molar-refractivity contribution in [3.05, 3.63) is 72.9 Å². The minimum atomic E-state index is 0.820. The van der Waals surface area contributed by atoms with Gasteiger partial charge in [0.2, 0.25) is 0 Å². The molecule has 0 aliphatic carbocycles. The molecule has 6 aromatic rings. The molecule has 0 saturated carbocycles. The molecule has 0 radical (unpaired) electrons. The Morgan fingerprint density at radius 2 is 1.54 bits per heavy atom. The zero-order valence-corrected chi connectivity index (χ0v) is 14.7. The lowest BCUT2D eigenvalue weighted by molar-refractivity contribution is 0.959. The smallest absolute Gasteiger partial charge is 0.138 e. The maximum absolute atomic E-state index is 4.73. The van der Waals surface area contributed by atoms with Crippen LogP contribution in [0.15, 0.2) is 72.9 Å². The van der Waals surface area contributed by atoms with Gasteiger partial charge in [0.25, 0.3) is 0 Å². The highest BCUT2D eigenvalue weighted by atomic mass is 15.3. The van der Waals surface area contributed by atoms with Gasteiger partial charge in [-0.25, -0.2) is 4.98 Å². The van der Waals surface area contributed by atoms with Crippen LogP contribution >= 0.6 is 0 Å². The molecule has 0 fully saturated rings. The second-order valence-electron chi connectivity index (χ2n) is 6.78. The number of fused-ring (bicyclic) bond motifs is 3. The fraction of sp³-hybridized carbons (Fsp3) is 0. The molecule has 6 rings (SSSR count). The molecular weight excluding hydrogens is 348 g/mol. The molecule has 2 N–H and O–H groups in total. The SMILES string of the molecule is c1ccc2ncc(-c3ccc4nc(-c5ccc6nn[nH]c6c5)[nH]c4c3)cc2c1. The molecule has 3 heterocycles. The largest absolute Gasteiger partial charge is 0.338 e. The molecule has 3 aromatic carbocycles. The van der Waals surface area contributed by atoms with Crippen LogP contribution in [0.1, 0.15) is 0 Å². The molecule has 132 valence electrons. The second kappa shape index (κ2) is 5.72. The van der Waals surface area contributed by atoms with Gasteiger partial charge in [-0.3, -0.25) is 10.1 Å². The monoisotopic (exact) mass is 362 g/mol. The van der Waals surface area contributed by atoms with Crippen LogP contribution in [0.4, 0.5) is 0 Å². The number of aromatic nitrogens is 6. The third-order valence-corrected chi connectivity index (χ3v) is 5.00. The van der Waals surface area contributed by atoms with Crippen LogP contribution in [0.3, 0.4) is 0 Å². The lowest BCUT2D eigenvalue weighted by atomic mass is 10.0. The molecule has 0 amide bonds. The fourth-order valence-corrected chi connectivity index (χ4v) is 3.55. The van der Waals surface area contributed by atoms with Crippen molar-refractivity contribution in [2.45, 2.75) is 0 Å². The average molecular weight is 362 g/mol. The first-order chi connectivity index (χ1) is 13.8. The average Bonchev–Trinajstić information content (AvgIpc) is 3.39. The van der Waals surface area contributed by atoms with Gasteiger partial charge >= 0.3 is 0 Å². The third kappa shape index (κ3) is 2.35. The number of nitrogens with one attached hydrogen (secondary N) is 2. The van der Waals surface area contributed by atoms with Crippen LogP contribution < -0.4 is 0 Å². The van der Waals surface area contributed by atoms with Crippen molar-refractivity contribution in [3.63, 3.8) is 0 Å². The molecule has 0 aliphatic heterocycles. The van der Waals surface area contributed by atoms with Gasteiger partial charge in [-0.05, 0) is 48.0 Å². The quantitative estimate of drug-likeness (QED) is 0.467. The van der Waals surface area contributed by atoms with Gasteiger partial charge in [0, 0.05) is 22.7 Å². The molecule has 0 aliphatic rings. The summed E-state index contributed by atoms with van der Waals surface area (Å²) in [6.45, 7) is 0. The van der Waals surface area contributed by atoms with E-state index in [1.54, 1.807) is 0 Å². The number of pyridine rings is 1. The van der Waals surface area contributed by atoms with Crippen molar-refractivity contribution in [2.24, 2.45) is 0 Å². The summed E-state index contributed by atoms with van der Waals surface area (Å²) < 4.78 is 0. The molecule has 28 heavy (non-hydrogen) atoms. The summed E-state index contributed by atoms with van der Waals surface area (Å²) in [5, 5.41) is 11.9. The van der Waals surface area contributed by atoms with E-state index in [4.69, 9.17) is 4.98 Å². The molecule has 0 saturated heterocycles. The van der Waals surface area contributed by atoms with E-state index in [-0.39, 0.29) is 0 Å². The summed E-state index contributed by atoms with van der Waals surface area (Å²) in [4.78, 5) is 12.7. The predicted octanol–water partition coefficient (Wildman–Crippen LogP) is 4.72. The summed E-state index contributed by atoms with van der Waals surface area (Å²) >= 11 is 0. The Labute approximate surface area is 159 Å². The number of benzene rings is 3. The van der Waals surface area contributed by atoms with Gasteiger partial charge < -0.3 is 4.98 Å². The maximum Gasteiger partial charge on any atom is 0.138 e.